The van der Waals surface area contributed by atoms with Gasteiger partial charge >= 0.3 is 0 Å². The number of carbonyl (C=O) groups excluding carboxylic acids is 1. The topological polar surface area (TPSA) is 64.1 Å². The van der Waals surface area contributed by atoms with Crippen LogP contribution in [0.25, 0.3) is 10.7 Å². The minimum Gasteiger partial charge on any atom is -0.496 e. The number of ether oxygens (including phenoxy) is 1. The van der Waals surface area contributed by atoms with Gasteiger partial charge in [0.05, 0.1) is 24.1 Å². The van der Waals surface area contributed by atoms with Crippen LogP contribution in [0.5, 0.6) is 5.75 Å². The summed E-state index contributed by atoms with van der Waals surface area (Å²) >= 11 is 1.62. The molecule has 0 unspecified atom stereocenters. The van der Waals surface area contributed by atoms with E-state index in [1.165, 1.54) is 0 Å². The Kier molecular flexibility index (Phi) is 5.40. The highest BCUT2D eigenvalue weighted by Crippen LogP contribution is 2.26. The number of aromatic nitrogens is 2. The Hall–Kier alpha value is -2.73. The minimum absolute atomic E-state index is 0.135. The summed E-state index contributed by atoms with van der Waals surface area (Å²) in [5, 5.41) is 3.85. The molecule has 6 heteroatoms. The van der Waals surface area contributed by atoms with Gasteiger partial charge < -0.3 is 10.1 Å². The fourth-order valence-corrected chi connectivity index (χ4v) is 3.51. The summed E-state index contributed by atoms with van der Waals surface area (Å²) in [6.07, 6.45) is 2.50. The number of para-hydroxylation sites is 1. The smallest absolute Gasteiger partial charge is 0.255 e. The molecular formula is C19H19N3O2S. The highest BCUT2D eigenvalue weighted by molar-refractivity contribution is 7.15. The number of carbonyl (C=O) groups is 1. The highest BCUT2D eigenvalue weighted by atomic mass is 32.1. The number of amides is 1. The van der Waals surface area contributed by atoms with Gasteiger partial charge in [-0.2, -0.15) is 0 Å². The Balaban J connectivity index is 1.63. The van der Waals surface area contributed by atoms with Crippen molar-refractivity contribution in [2.75, 3.05) is 13.7 Å². The molecule has 1 aromatic carbocycles. The molecule has 0 aliphatic rings. The van der Waals surface area contributed by atoms with E-state index in [-0.39, 0.29) is 5.91 Å². The molecule has 0 spiro atoms. The van der Waals surface area contributed by atoms with E-state index in [4.69, 9.17) is 4.74 Å². The van der Waals surface area contributed by atoms with Crippen LogP contribution in [0.15, 0.2) is 48.7 Å². The molecule has 0 fully saturated rings. The third-order valence-electron chi connectivity index (χ3n) is 3.77. The van der Waals surface area contributed by atoms with Crippen molar-refractivity contribution in [3.63, 3.8) is 0 Å². The first kappa shape index (κ1) is 17.1. The van der Waals surface area contributed by atoms with Crippen molar-refractivity contribution in [2.24, 2.45) is 0 Å². The first-order valence-electron chi connectivity index (χ1n) is 7.98. The molecule has 3 rings (SSSR count). The maximum absolute atomic E-state index is 12.3. The van der Waals surface area contributed by atoms with E-state index in [0.29, 0.717) is 17.9 Å². The van der Waals surface area contributed by atoms with Gasteiger partial charge in [0.1, 0.15) is 10.8 Å². The van der Waals surface area contributed by atoms with E-state index in [0.717, 1.165) is 27.7 Å². The number of rotatable bonds is 6. The largest absolute Gasteiger partial charge is 0.496 e. The van der Waals surface area contributed by atoms with Crippen LogP contribution >= 0.6 is 11.3 Å². The van der Waals surface area contributed by atoms with Crippen LogP contribution in [0.4, 0.5) is 0 Å². The molecule has 0 saturated heterocycles. The van der Waals surface area contributed by atoms with Crippen LogP contribution in [-0.2, 0) is 6.42 Å². The number of nitrogens with one attached hydrogen (secondary N) is 1. The first-order valence-corrected chi connectivity index (χ1v) is 8.79. The van der Waals surface area contributed by atoms with Crippen molar-refractivity contribution >= 4 is 17.2 Å². The maximum Gasteiger partial charge on any atom is 0.255 e. The van der Waals surface area contributed by atoms with E-state index >= 15 is 0 Å². The number of nitrogens with zero attached hydrogens (tertiary/aromatic N) is 2. The number of thiazole rings is 1. The Bertz CT molecular complexity index is 862. The third kappa shape index (κ3) is 4.03. The van der Waals surface area contributed by atoms with Crippen LogP contribution in [0.3, 0.4) is 0 Å². The lowest BCUT2D eigenvalue weighted by Crippen LogP contribution is -2.26. The highest BCUT2D eigenvalue weighted by Gasteiger charge is 2.13. The lowest BCUT2D eigenvalue weighted by Gasteiger charge is -2.08. The van der Waals surface area contributed by atoms with Crippen LogP contribution in [-0.4, -0.2) is 29.5 Å². The quantitative estimate of drug-likeness (QED) is 0.737. The Morgan fingerprint density at radius 1 is 1.20 bits per heavy atom. The van der Waals surface area contributed by atoms with E-state index in [2.05, 4.69) is 15.3 Å². The van der Waals surface area contributed by atoms with Gasteiger partial charge in [-0.25, -0.2) is 4.98 Å². The molecule has 25 heavy (non-hydrogen) atoms. The molecule has 5 nitrogen and oxygen atoms in total. The summed E-state index contributed by atoms with van der Waals surface area (Å²) in [6.45, 7) is 2.53. The number of benzene rings is 1. The van der Waals surface area contributed by atoms with Crippen LogP contribution in [0.2, 0.25) is 0 Å². The van der Waals surface area contributed by atoms with Gasteiger partial charge in [-0.05, 0) is 31.2 Å². The molecule has 1 amide bonds. The van der Waals surface area contributed by atoms with Gasteiger partial charge in [-0.1, -0.05) is 18.2 Å². The summed E-state index contributed by atoms with van der Waals surface area (Å²) in [7, 11) is 1.56. The van der Waals surface area contributed by atoms with Gasteiger partial charge in [0.25, 0.3) is 5.91 Å². The van der Waals surface area contributed by atoms with E-state index in [1.54, 1.807) is 36.8 Å². The number of methoxy groups -OCH3 is 1. The number of pyridine rings is 1. The van der Waals surface area contributed by atoms with Gasteiger partial charge in [0.15, 0.2) is 0 Å². The van der Waals surface area contributed by atoms with Crippen molar-refractivity contribution in [3.8, 4) is 16.5 Å². The fourth-order valence-electron chi connectivity index (χ4n) is 2.48. The predicted octanol–water partition coefficient (Wildman–Crippen LogP) is 3.49. The zero-order valence-electron chi connectivity index (χ0n) is 14.2. The van der Waals surface area contributed by atoms with Crippen LogP contribution in [0, 0.1) is 6.92 Å². The molecule has 0 saturated carbocycles. The molecule has 128 valence electrons. The van der Waals surface area contributed by atoms with Crippen molar-refractivity contribution in [1.29, 1.82) is 0 Å². The fraction of sp³-hybridized carbons (Fsp3) is 0.211. The van der Waals surface area contributed by atoms with Gasteiger partial charge in [-0.15, -0.1) is 11.3 Å². The summed E-state index contributed by atoms with van der Waals surface area (Å²) in [4.78, 5) is 22.4. The van der Waals surface area contributed by atoms with Gasteiger partial charge in [-0.3, -0.25) is 9.78 Å². The predicted molar refractivity (Wildman–Crippen MR) is 99.1 cm³/mol. The zero-order valence-corrected chi connectivity index (χ0v) is 15.0. The van der Waals surface area contributed by atoms with Gasteiger partial charge in [0.2, 0.25) is 0 Å². The lowest BCUT2D eigenvalue weighted by molar-refractivity contribution is 0.0951. The molecule has 2 aromatic heterocycles. The van der Waals surface area contributed by atoms with Gasteiger partial charge in [0, 0.05) is 24.0 Å². The number of hydrogen-bond donors (Lipinski definition) is 1. The average molecular weight is 353 g/mol. The minimum atomic E-state index is -0.135. The van der Waals surface area contributed by atoms with Crippen LogP contribution < -0.4 is 10.1 Å². The Morgan fingerprint density at radius 3 is 2.76 bits per heavy atom. The third-order valence-corrected chi connectivity index (χ3v) is 5.01. The van der Waals surface area contributed by atoms with E-state index < -0.39 is 0 Å². The summed E-state index contributed by atoms with van der Waals surface area (Å²) in [5.41, 5.74) is 2.40. The van der Waals surface area contributed by atoms with Crippen molar-refractivity contribution in [3.05, 3.63) is 64.8 Å². The number of hydrogen-bond acceptors (Lipinski definition) is 5. The molecule has 0 bridgehead atoms. The second-order valence-corrected chi connectivity index (χ2v) is 6.53. The summed E-state index contributed by atoms with van der Waals surface area (Å²) in [6, 6.07) is 13.0. The standard InChI is InChI=1S/C19H19N3O2S/c1-13-17(25-19(22-13)15-8-5-6-11-20-15)10-12-21-18(23)14-7-3-4-9-16(14)24-2/h3-9,11H,10,12H2,1-2H3,(H,21,23). The second kappa shape index (κ2) is 7.90. The van der Waals surface area contributed by atoms with Crippen molar-refractivity contribution < 1.29 is 9.53 Å². The molecule has 0 atom stereocenters. The Labute approximate surface area is 150 Å². The SMILES string of the molecule is COc1ccccc1C(=O)NCCc1sc(-c2ccccn2)nc1C. The first-order chi connectivity index (χ1) is 12.2. The maximum atomic E-state index is 12.3. The number of aryl methyl sites for hydroxylation is 1. The molecule has 0 aliphatic carbocycles. The zero-order chi connectivity index (χ0) is 17.6. The summed E-state index contributed by atoms with van der Waals surface area (Å²) < 4.78 is 5.23. The molecule has 2 heterocycles. The lowest BCUT2D eigenvalue weighted by atomic mass is 10.2. The van der Waals surface area contributed by atoms with Crippen molar-refractivity contribution in [2.45, 2.75) is 13.3 Å². The average Bonchev–Trinajstić information content (AvgIpc) is 3.03. The van der Waals surface area contributed by atoms with Crippen molar-refractivity contribution in [1.82, 2.24) is 15.3 Å². The molecule has 0 aliphatic heterocycles. The Morgan fingerprint density at radius 2 is 2.00 bits per heavy atom. The normalized spacial score (nSPS) is 10.5. The summed E-state index contributed by atoms with van der Waals surface area (Å²) in [5.74, 6) is 0.441. The second-order valence-electron chi connectivity index (χ2n) is 5.45. The molecule has 0 radical (unpaired) electrons. The van der Waals surface area contributed by atoms with Crippen LogP contribution in [0.1, 0.15) is 20.9 Å². The molecule has 1 N–H and O–H groups in total. The molecule has 3 aromatic rings. The van der Waals surface area contributed by atoms with E-state index in [9.17, 15) is 4.79 Å². The monoisotopic (exact) mass is 353 g/mol. The molecular weight excluding hydrogens is 334 g/mol. The van der Waals surface area contributed by atoms with E-state index in [1.807, 2.05) is 37.3 Å².